The number of thiophene rings is 1. The molecule has 3 heterocycles. The van der Waals surface area contributed by atoms with E-state index in [0.29, 0.717) is 13.2 Å². The van der Waals surface area contributed by atoms with Crippen LogP contribution >= 0.6 is 22.7 Å². The third-order valence-corrected chi connectivity index (χ3v) is 4.79. The van der Waals surface area contributed by atoms with Crippen LogP contribution in [0, 0.1) is 0 Å². The molecule has 1 aliphatic heterocycles. The Hall–Kier alpha value is -2.38. The van der Waals surface area contributed by atoms with Gasteiger partial charge in [-0.1, -0.05) is 6.07 Å². The first kappa shape index (κ1) is 14.2. The number of hydrazone groups is 1. The summed E-state index contributed by atoms with van der Waals surface area (Å²) in [6.07, 6.45) is 1.79. The summed E-state index contributed by atoms with van der Waals surface area (Å²) in [6, 6.07) is 9.88. The number of ether oxygens (including phenoxy) is 2. The average Bonchev–Trinajstić information content (AvgIpc) is 3.26. The van der Waals surface area contributed by atoms with Gasteiger partial charge in [0.25, 0.3) is 0 Å². The number of anilines is 1. The van der Waals surface area contributed by atoms with Gasteiger partial charge in [-0.25, -0.2) is 4.98 Å². The van der Waals surface area contributed by atoms with Crippen molar-refractivity contribution >= 4 is 34.0 Å². The van der Waals surface area contributed by atoms with Gasteiger partial charge >= 0.3 is 0 Å². The zero-order valence-corrected chi connectivity index (χ0v) is 13.7. The van der Waals surface area contributed by atoms with Gasteiger partial charge in [0.05, 0.1) is 11.9 Å². The van der Waals surface area contributed by atoms with Gasteiger partial charge in [0.1, 0.15) is 13.2 Å². The number of fused-ring (bicyclic) bond motifs is 1. The number of hydrogen-bond acceptors (Lipinski definition) is 7. The van der Waals surface area contributed by atoms with Crippen LogP contribution in [0.1, 0.15) is 4.88 Å². The molecule has 5 nitrogen and oxygen atoms in total. The van der Waals surface area contributed by atoms with Crippen LogP contribution in [-0.4, -0.2) is 24.4 Å². The third-order valence-electron chi connectivity index (χ3n) is 3.24. The number of rotatable bonds is 4. The summed E-state index contributed by atoms with van der Waals surface area (Å²) in [5.41, 5.74) is 4.85. The second-order valence-electron chi connectivity index (χ2n) is 4.78. The van der Waals surface area contributed by atoms with Crippen molar-refractivity contribution in [1.82, 2.24) is 4.98 Å². The summed E-state index contributed by atoms with van der Waals surface area (Å²) in [4.78, 5) is 5.65. The second kappa shape index (κ2) is 6.39. The number of thiazole rings is 1. The second-order valence-corrected chi connectivity index (χ2v) is 6.62. The van der Waals surface area contributed by atoms with Gasteiger partial charge < -0.3 is 9.47 Å². The predicted octanol–water partition coefficient (Wildman–Crippen LogP) is 4.09. The zero-order chi connectivity index (χ0) is 15.5. The van der Waals surface area contributed by atoms with Crippen LogP contribution in [0.4, 0.5) is 5.13 Å². The minimum absolute atomic E-state index is 0.581. The highest BCUT2D eigenvalue weighted by Gasteiger charge is 2.13. The van der Waals surface area contributed by atoms with Crippen molar-refractivity contribution < 1.29 is 9.47 Å². The molecule has 1 aromatic carbocycles. The van der Waals surface area contributed by atoms with Crippen molar-refractivity contribution in [3.63, 3.8) is 0 Å². The highest BCUT2D eigenvalue weighted by Crippen LogP contribution is 2.35. The fourth-order valence-electron chi connectivity index (χ4n) is 2.18. The molecule has 0 aliphatic carbocycles. The molecule has 2 aromatic heterocycles. The monoisotopic (exact) mass is 343 g/mol. The Balaban J connectivity index is 1.49. The fourth-order valence-corrected chi connectivity index (χ4v) is 3.43. The molecule has 0 radical (unpaired) electrons. The third kappa shape index (κ3) is 3.20. The topological polar surface area (TPSA) is 55.7 Å². The molecule has 1 aliphatic rings. The molecule has 0 atom stereocenters. The van der Waals surface area contributed by atoms with Gasteiger partial charge in [-0.15, -0.1) is 22.7 Å². The molecule has 0 saturated carbocycles. The molecular formula is C16H13N3O2S2. The maximum atomic E-state index is 5.61. The quantitative estimate of drug-likeness (QED) is 0.573. The van der Waals surface area contributed by atoms with Gasteiger partial charge in [0.15, 0.2) is 11.5 Å². The fraction of sp³-hybridized carbons (Fsp3) is 0.125. The molecule has 0 spiro atoms. The average molecular weight is 343 g/mol. The number of aromatic nitrogens is 1. The van der Waals surface area contributed by atoms with E-state index in [-0.39, 0.29) is 0 Å². The van der Waals surface area contributed by atoms with Gasteiger partial charge in [0.2, 0.25) is 5.13 Å². The van der Waals surface area contributed by atoms with Gasteiger partial charge in [0, 0.05) is 15.8 Å². The molecule has 1 N–H and O–H groups in total. The smallest absolute Gasteiger partial charge is 0.203 e. The molecule has 0 amide bonds. The first-order chi connectivity index (χ1) is 11.4. The van der Waals surface area contributed by atoms with E-state index in [2.05, 4.69) is 15.5 Å². The lowest BCUT2D eigenvalue weighted by Crippen LogP contribution is -2.15. The molecule has 4 rings (SSSR count). The molecule has 0 unspecified atom stereocenters. The summed E-state index contributed by atoms with van der Waals surface area (Å²) in [7, 11) is 0. The predicted molar refractivity (Wildman–Crippen MR) is 94.1 cm³/mol. The van der Waals surface area contributed by atoms with Crippen LogP contribution in [-0.2, 0) is 0 Å². The summed E-state index contributed by atoms with van der Waals surface area (Å²) in [5, 5.41) is 8.97. The summed E-state index contributed by atoms with van der Waals surface area (Å²) >= 11 is 3.16. The molecule has 0 fully saturated rings. The minimum atomic E-state index is 0.581. The van der Waals surface area contributed by atoms with E-state index in [9.17, 15) is 0 Å². The van der Waals surface area contributed by atoms with Crippen LogP contribution in [0.3, 0.4) is 0 Å². The van der Waals surface area contributed by atoms with Gasteiger partial charge in [-0.2, -0.15) is 5.10 Å². The number of hydrogen-bond donors (Lipinski definition) is 1. The SMILES string of the molecule is C(=N\Nc1nc(-c2ccc3c(c2)OCCO3)cs1)/c1cccs1. The van der Waals surface area contributed by atoms with E-state index in [1.54, 1.807) is 17.6 Å². The van der Waals surface area contributed by atoms with Crippen molar-refractivity contribution in [3.8, 4) is 22.8 Å². The Morgan fingerprint density at radius 3 is 2.91 bits per heavy atom. The normalized spacial score (nSPS) is 13.4. The first-order valence-corrected chi connectivity index (χ1v) is 8.82. The van der Waals surface area contributed by atoms with E-state index >= 15 is 0 Å². The minimum Gasteiger partial charge on any atom is -0.486 e. The van der Waals surface area contributed by atoms with Gasteiger partial charge in [-0.3, -0.25) is 5.43 Å². The maximum Gasteiger partial charge on any atom is 0.203 e. The van der Waals surface area contributed by atoms with E-state index in [1.807, 2.05) is 41.1 Å². The Labute approximate surface area is 141 Å². The van der Waals surface area contributed by atoms with Gasteiger partial charge in [-0.05, 0) is 29.6 Å². The lowest BCUT2D eigenvalue weighted by molar-refractivity contribution is 0.171. The summed E-state index contributed by atoms with van der Waals surface area (Å²) in [6.45, 7) is 1.18. The molecule has 23 heavy (non-hydrogen) atoms. The highest BCUT2D eigenvalue weighted by atomic mass is 32.1. The van der Waals surface area contributed by atoms with Crippen LogP contribution in [0.2, 0.25) is 0 Å². The summed E-state index contributed by atoms with van der Waals surface area (Å²) < 4.78 is 11.1. The number of benzene rings is 1. The van der Waals surface area contributed by atoms with Crippen molar-refractivity contribution in [3.05, 3.63) is 46.0 Å². The first-order valence-electron chi connectivity index (χ1n) is 7.06. The number of nitrogens with one attached hydrogen (secondary N) is 1. The van der Waals surface area contributed by atoms with E-state index < -0.39 is 0 Å². The zero-order valence-electron chi connectivity index (χ0n) is 12.1. The summed E-state index contributed by atoms with van der Waals surface area (Å²) in [5.74, 6) is 1.56. The van der Waals surface area contributed by atoms with Crippen molar-refractivity contribution in [1.29, 1.82) is 0 Å². The lowest BCUT2D eigenvalue weighted by Gasteiger charge is -2.18. The van der Waals surface area contributed by atoms with Crippen molar-refractivity contribution in [2.75, 3.05) is 18.6 Å². The Bertz CT molecular complexity index is 828. The van der Waals surface area contributed by atoms with Crippen LogP contribution in [0.15, 0.2) is 46.2 Å². The van der Waals surface area contributed by atoms with E-state index in [4.69, 9.17) is 9.47 Å². The maximum absolute atomic E-state index is 5.61. The molecular weight excluding hydrogens is 330 g/mol. The number of nitrogens with zero attached hydrogens (tertiary/aromatic N) is 2. The van der Waals surface area contributed by atoms with E-state index in [0.717, 1.165) is 32.8 Å². The molecule has 0 saturated heterocycles. The van der Waals surface area contributed by atoms with Crippen LogP contribution in [0.5, 0.6) is 11.5 Å². The standard InChI is InChI=1S/C16H13N3O2S2/c1-2-12(22-7-1)9-17-19-16-18-13(10-23-16)11-3-4-14-15(8-11)21-6-5-20-14/h1-4,7-10H,5-6H2,(H,18,19)/b17-9+. The van der Waals surface area contributed by atoms with Crippen molar-refractivity contribution in [2.24, 2.45) is 5.10 Å². The molecule has 116 valence electrons. The molecule has 0 bridgehead atoms. The Morgan fingerprint density at radius 2 is 2.04 bits per heavy atom. The van der Waals surface area contributed by atoms with Crippen LogP contribution < -0.4 is 14.9 Å². The largest absolute Gasteiger partial charge is 0.486 e. The Kier molecular flexibility index (Phi) is 3.95. The lowest BCUT2D eigenvalue weighted by atomic mass is 10.1. The molecule has 3 aromatic rings. The van der Waals surface area contributed by atoms with E-state index in [1.165, 1.54) is 11.3 Å². The Morgan fingerprint density at radius 1 is 1.13 bits per heavy atom. The van der Waals surface area contributed by atoms with Crippen LogP contribution in [0.25, 0.3) is 11.3 Å². The molecule has 7 heteroatoms. The highest BCUT2D eigenvalue weighted by molar-refractivity contribution is 7.14. The van der Waals surface area contributed by atoms with Crippen molar-refractivity contribution in [2.45, 2.75) is 0 Å².